The molecule has 2 aliphatic carbocycles. The number of benzene rings is 1. The van der Waals surface area contributed by atoms with Crippen LogP contribution in [0.1, 0.15) is 72.0 Å². The summed E-state index contributed by atoms with van der Waals surface area (Å²) < 4.78 is 1.77. The lowest BCUT2D eigenvalue weighted by molar-refractivity contribution is 0.216. The average molecular weight is 583 g/mol. The molecule has 5 aromatic rings. The second kappa shape index (κ2) is 9.74. The lowest BCUT2D eigenvalue weighted by atomic mass is 9.94. The summed E-state index contributed by atoms with van der Waals surface area (Å²) in [6, 6.07) is 15.6. The van der Waals surface area contributed by atoms with E-state index in [4.69, 9.17) is 4.98 Å². The molecule has 0 unspecified atom stereocenters. The number of piperazine rings is 1. The first-order valence-electron chi connectivity index (χ1n) is 15.8. The zero-order valence-electron chi connectivity index (χ0n) is 24.7. The van der Waals surface area contributed by atoms with E-state index >= 15 is 0 Å². The SMILES string of the molecule is Cc1c[nH]nc1-c1cc(C#N)ccc1-c1cc(C2CC2)nc(-n2cc(C3CC3)c3cc(CN4C[C@@H]5C[C@H]4CN5)[nH]c3c2=O)c1. The maximum atomic E-state index is 14.2. The van der Waals surface area contributed by atoms with Crippen LogP contribution in [0.3, 0.4) is 0 Å². The van der Waals surface area contributed by atoms with E-state index in [9.17, 15) is 10.1 Å². The van der Waals surface area contributed by atoms with E-state index in [-0.39, 0.29) is 5.56 Å². The van der Waals surface area contributed by atoms with Crippen molar-refractivity contribution in [2.45, 2.75) is 69.5 Å². The number of aromatic amines is 2. The molecule has 2 saturated heterocycles. The molecule has 0 radical (unpaired) electrons. The molecule has 0 spiro atoms. The van der Waals surface area contributed by atoms with Gasteiger partial charge < -0.3 is 10.3 Å². The van der Waals surface area contributed by atoms with Gasteiger partial charge in [0.2, 0.25) is 0 Å². The van der Waals surface area contributed by atoms with Crippen molar-refractivity contribution in [2.24, 2.45) is 0 Å². The average Bonchev–Trinajstić information content (AvgIpc) is 3.89. The van der Waals surface area contributed by atoms with Gasteiger partial charge in [0.1, 0.15) is 11.3 Å². The van der Waals surface area contributed by atoms with Gasteiger partial charge >= 0.3 is 0 Å². The summed E-state index contributed by atoms with van der Waals surface area (Å²) in [7, 11) is 0. The first-order chi connectivity index (χ1) is 21.5. The number of nitriles is 1. The molecular weight excluding hydrogens is 548 g/mol. The third kappa shape index (κ3) is 4.32. The fourth-order valence-corrected chi connectivity index (χ4v) is 7.42. The Morgan fingerprint density at radius 2 is 1.93 bits per heavy atom. The first kappa shape index (κ1) is 25.9. The number of aryl methyl sites for hydroxylation is 1. The smallest absolute Gasteiger partial charge is 0.280 e. The lowest BCUT2D eigenvalue weighted by Gasteiger charge is -2.26. The molecule has 2 aliphatic heterocycles. The van der Waals surface area contributed by atoms with E-state index < -0.39 is 0 Å². The minimum Gasteiger partial charge on any atom is -0.353 e. The molecule has 2 bridgehead atoms. The molecule has 3 N–H and O–H groups in total. The van der Waals surface area contributed by atoms with Crippen molar-refractivity contribution >= 4 is 10.9 Å². The van der Waals surface area contributed by atoms with E-state index in [1.165, 1.54) is 12.0 Å². The highest BCUT2D eigenvalue weighted by atomic mass is 16.1. The second-order valence-corrected chi connectivity index (χ2v) is 13.2. The van der Waals surface area contributed by atoms with Gasteiger partial charge in [-0.1, -0.05) is 6.07 Å². The predicted octanol–water partition coefficient (Wildman–Crippen LogP) is 5.25. The molecule has 9 heteroatoms. The number of H-pyrrole nitrogens is 2. The summed E-state index contributed by atoms with van der Waals surface area (Å²) in [4.78, 5) is 25.5. The summed E-state index contributed by atoms with van der Waals surface area (Å²) in [5, 5.41) is 21.8. The van der Waals surface area contributed by atoms with Crippen molar-refractivity contribution in [3.8, 4) is 34.3 Å². The third-order valence-electron chi connectivity index (χ3n) is 10.1. The summed E-state index contributed by atoms with van der Waals surface area (Å²) in [6.07, 6.45) is 9.64. The van der Waals surface area contributed by atoms with Gasteiger partial charge in [0, 0.05) is 72.4 Å². The van der Waals surface area contributed by atoms with Gasteiger partial charge in [0.25, 0.3) is 5.56 Å². The highest BCUT2D eigenvalue weighted by Crippen LogP contribution is 2.44. The maximum absolute atomic E-state index is 14.2. The molecule has 0 amide bonds. The largest absolute Gasteiger partial charge is 0.353 e. The standard InChI is InChI=1S/C35H34N8O/c1-19-14-38-41-33(19)28-8-20(13-36)2-7-27(28)23-9-31(22-5-6-22)40-32(10-23)43-18-30(21-3-4-21)29-12-25(39-34(29)35(43)44)17-42-16-24-11-26(42)15-37-24/h2,7-10,12,14,18,21-22,24,26,37,39H,3-6,11,15-17H2,1H3,(H,38,41)/t24-,26-/m0/s1. The zero-order valence-corrected chi connectivity index (χ0v) is 24.7. The van der Waals surface area contributed by atoms with Crippen LogP contribution in [0, 0.1) is 18.3 Å². The first-order valence-corrected chi connectivity index (χ1v) is 15.8. The topological polar surface area (TPSA) is 118 Å². The van der Waals surface area contributed by atoms with Crippen molar-refractivity contribution in [1.29, 1.82) is 5.26 Å². The van der Waals surface area contributed by atoms with Crippen molar-refractivity contribution in [1.82, 2.24) is 34.9 Å². The van der Waals surface area contributed by atoms with Crippen molar-refractivity contribution < 1.29 is 0 Å². The molecule has 4 fully saturated rings. The fourth-order valence-electron chi connectivity index (χ4n) is 7.42. The third-order valence-corrected chi connectivity index (χ3v) is 10.1. The number of nitrogens with one attached hydrogen (secondary N) is 3. The number of aromatic nitrogens is 5. The van der Waals surface area contributed by atoms with E-state index in [1.807, 2.05) is 37.4 Å². The van der Waals surface area contributed by atoms with Gasteiger partial charge in [0.05, 0.1) is 17.3 Å². The van der Waals surface area contributed by atoms with E-state index in [0.717, 1.165) is 90.0 Å². The van der Waals surface area contributed by atoms with Crippen LogP contribution in [-0.4, -0.2) is 54.8 Å². The number of pyridine rings is 2. The molecule has 6 heterocycles. The number of fused-ring (bicyclic) bond motifs is 3. The Morgan fingerprint density at radius 1 is 1.07 bits per heavy atom. The molecule has 44 heavy (non-hydrogen) atoms. The Balaban J connectivity index is 1.19. The molecule has 4 aliphatic rings. The fraction of sp³-hybridized carbons (Fsp3) is 0.371. The minimum atomic E-state index is -0.0603. The molecular formula is C35H34N8O. The zero-order chi connectivity index (χ0) is 29.5. The summed E-state index contributed by atoms with van der Waals surface area (Å²) >= 11 is 0. The quantitative estimate of drug-likeness (QED) is 0.241. The van der Waals surface area contributed by atoms with Gasteiger partial charge in [-0.15, -0.1) is 0 Å². The molecule has 9 rings (SSSR count). The highest BCUT2D eigenvalue weighted by molar-refractivity contribution is 5.86. The van der Waals surface area contributed by atoms with E-state index in [1.54, 1.807) is 4.57 Å². The maximum Gasteiger partial charge on any atom is 0.280 e. The molecule has 2 saturated carbocycles. The van der Waals surface area contributed by atoms with Crippen LogP contribution in [0.2, 0.25) is 0 Å². The normalized spacial score (nSPS) is 21.4. The monoisotopic (exact) mass is 582 g/mol. The van der Waals surface area contributed by atoms with Gasteiger partial charge in [0.15, 0.2) is 0 Å². The van der Waals surface area contributed by atoms with Crippen LogP contribution in [0.15, 0.2) is 53.6 Å². The number of likely N-dealkylation sites (tertiary alicyclic amines) is 1. The number of hydrogen-bond donors (Lipinski definition) is 3. The van der Waals surface area contributed by atoms with Crippen LogP contribution in [-0.2, 0) is 6.54 Å². The van der Waals surface area contributed by atoms with E-state index in [0.29, 0.717) is 40.8 Å². The van der Waals surface area contributed by atoms with Crippen LogP contribution in [0.4, 0.5) is 0 Å². The predicted molar refractivity (Wildman–Crippen MR) is 169 cm³/mol. The van der Waals surface area contributed by atoms with Gasteiger partial charge in [-0.05, 0) is 97.5 Å². The molecule has 9 nitrogen and oxygen atoms in total. The Kier molecular flexibility index (Phi) is 5.74. The number of rotatable bonds is 7. The molecule has 2 atom stereocenters. The number of hydrogen-bond acceptors (Lipinski definition) is 6. The van der Waals surface area contributed by atoms with Crippen LogP contribution >= 0.6 is 0 Å². The van der Waals surface area contributed by atoms with Gasteiger partial charge in [-0.25, -0.2) is 4.98 Å². The summed E-state index contributed by atoms with van der Waals surface area (Å²) in [6.45, 7) is 4.97. The van der Waals surface area contributed by atoms with Crippen molar-refractivity contribution in [2.75, 3.05) is 13.1 Å². The number of nitrogens with zero attached hydrogens (tertiary/aromatic N) is 5. The summed E-state index contributed by atoms with van der Waals surface area (Å²) in [5.41, 5.74) is 9.22. The van der Waals surface area contributed by atoms with Crippen LogP contribution in [0.5, 0.6) is 0 Å². The molecule has 4 aromatic heterocycles. The second-order valence-electron chi connectivity index (χ2n) is 13.2. The minimum absolute atomic E-state index is 0.0603. The van der Waals surface area contributed by atoms with Crippen LogP contribution in [0.25, 0.3) is 39.1 Å². The Labute approximate surface area is 254 Å². The van der Waals surface area contributed by atoms with Crippen LogP contribution < -0.4 is 10.9 Å². The molecule has 220 valence electrons. The van der Waals surface area contributed by atoms with Gasteiger partial charge in [-0.3, -0.25) is 19.4 Å². The summed E-state index contributed by atoms with van der Waals surface area (Å²) in [5.74, 6) is 1.51. The Bertz CT molecular complexity index is 2050. The van der Waals surface area contributed by atoms with Gasteiger partial charge in [-0.2, -0.15) is 10.4 Å². The van der Waals surface area contributed by atoms with Crippen molar-refractivity contribution in [3.05, 3.63) is 87.2 Å². The Hall–Kier alpha value is -4.52. The molecule has 1 aromatic carbocycles. The lowest BCUT2D eigenvalue weighted by Crippen LogP contribution is -2.43. The van der Waals surface area contributed by atoms with E-state index in [2.05, 4.69) is 49.8 Å². The Morgan fingerprint density at radius 3 is 2.64 bits per heavy atom. The van der Waals surface area contributed by atoms with Crippen molar-refractivity contribution in [3.63, 3.8) is 0 Å². The highest BCUT2D eigenvalue weighted by Gasteiger charge is 2.37.